The highest BCUT2D eigenvalue weighted by Crippen LogP contribution is 2.08. The molecule has 0 spiro atoms. The van der Waals surface area contributed by atoms with Crippen molar-refractivity contribution in [2.75, 3.05) is 39.8 Å². The van der Waals surface area contributed by atoms with Crippen LogP contribution in [-0.2, 0) is 20.7 Å². The van der Waals surface area contributed by atoms with E-state index in [1.54, 1.807) is 6.07 Å². The number of hydrogen-bond acceptors (Lipinski definition) is 5. The summed E-state index contributed by atoms with van der Waals surface area (Å²) in [4.78, 5) is 27.1. The molecule has 2 heterocycles. The number of ether oxygens (including phenoxy) is 1. The number of rotatable bonds is 6. The number of carbonyl (C=O) groups excluding carboxylic acids is 2. The number of primary amides is 1. The average molecular weight is 295 g/mol. The van der Waals surface area contributed by atoms with Gasteiger partial charge in [-0.1, -0.05) is 0 Å². The number of amides is 2. The minimum absolute atomic E-state index is 0.0970. The van der Waals surface area contributed by atoms with Crippen LogP contribution in [0.3, 0.4) is 0 Å². The molecule has 0 radical (unpaired) electrons. The highest BCUT2D eigenvalue weighted by atomic mass is 16.5. The second-order valence-electron chi connectivity index (χ2n) is 5.30. The molecule has 2 N–H and O–H groups in total. The summed E-state index contributed by atoms with van der Waals surface area (Å²) in [7, 11) is 2.00. The fourth-order valence-electron chi connectivity index (χ4n) is 2.35. The Balaban J connectivity index is 1.96. The third-order valence-corrected chi connectivity index (χ3v) is 3.40. The van der Waals surface area contributed by atoms with E-state index < -0.39 is 5.91 Å². The predicted octanol–water partition coefficient (Wildman–Crippen LogP) is -0.533. The Morgan fingerprint density at radius 1 is 1.52 bits per heavy atom. The van der Waals surface area contributed by atoms with Crippen molar-refractivity contribution >= 4 is 11.8 Å². The zero-order valence-electron chi connectivity index (χ0n) is 12.2. The molecule has 0 unspecified atom stereocenters. The van der Waals surface area contributed by atoms with E-state index >= 15 is 0 Å². The van der Waals surface area contributed by atoms with E-state index in [1.807, 2.05) is 7.05 Å². The zero-order valence-corrected chi connectivity index (χ0v) is 12.2. The molecule has 0 saturated carbocycles. The number of morpholine rings is 1. The van der Waals surface area contributed by atoms with E-state index in [-0.39, 0.29) is 25.0 Å². The molecule has 7 nitrogen and oxygen atoms in total. The van der Waals surface area contributed by atoms with Crippen LogP contribution in [0, 0.1) is 0 Å². The van der Waals surface area contributed by atoms with Gasteiger partial charge < -0.3 is 24.7 Å². The Labute approximate surface area is 123 Å². The maximum Gasteiger partial charge on any atom is 0.237 e. The van der Waals surface area contributed by atoms with Gasteiger partial charge in [-0.25, -0.2) is 0 Å². The first-order chi connectivity index (χ1) is 10.0. The first kappa shape index (κ1) is 15.5. The van der Waals surface area contributed by atoms with Crippen LogP contribution < -0.4 is 5.73 Å². The van der Waals surface area contributed by atoms with Crippen molar-refractivity contribution in [2.45, 2.75) is 12.5 Å². The SMILES string of the molecule is CN1CCO[C@@H](CN(CC(N)=O)C(=O)Cc2ccoc2)C1. The largest absolute Gasteiger partial charge is 0.472 e. The van der Waals surface area contributed by atoms with E-state index in [1.165, 1.54) is 17.4 Å². The molecule has 0 aliphatic carbocycles. The van der Waals surface area contributed by atoms with Gasteiger partial charge in [-0.3, -0.25) is 9.59 Å². The molecule has 1 aromatic rings. The Hall–Kier alpha value is -1.86. The number of likely N-dealkylation sites (N-methyl/N-ethyl adjacent to an activating group) is 1. The average Bonchev–Trinajstić information content (AvgIpc) is 2.90. The molecule has 1 atom stereocenters. The highest BCUT2D eigenvalue weighted by Gasteiger charge is 2.24. The molecule has 0 bridgehead atoms. The monoisotopic (exact) mass is 295 g/mol. The fourth-order valence-corrected chi connectivity index (χ4v) is 2.35. The van der Waals surface area contributed by atoms with Crippen LogP contribution in [0.15, 0.2) is 23.0 Å². The zero-order chi connectivity index (χ0) is 15.2. The van der Waals surface area contributed by atoms with E-state index in [9.17, 15) is 9.59 Å². The molecule has 2 rings (SSSR count). The molecule has 0 aromatic carbocycles. The Bertz CT molecular complexity index is 475. The third kappa shape index (κ3) is 4.87. The molecule has 1 saturated heterocycles. The van der Waals surface area contributed by atoms with E-state index in [0.29, 0.717) is 13.2 Å². The third-order valence-electron chi connectivity index (χ3n) is 3.40. The van der Waals surface area contributed by atoms with Crippen LogP contribution in [0.25, 0.3) is 0 Å². The van der Waals surface area contributed by atoms with Crippen molar-refractivity contribution < 1.29 is 18.7 Å². The summed E-state index contributed by atoms with van der Waals surface area (Å²) >= 11 is 0. The molecular weight excluding hydrogens is 274 g/mol. The molecule has 1 aliphatic heterocycles. The van der Waals surface area contributed by atoms with Crippen LogP contribution in [0.2, 0.25) is 0 Å². The van der Waals surface area contributed by atoms with Crippen LogP contribution in [0.5, 0.6) is 0 Å². The van der Waals surface area contributed by atoms with Gasteiger partial charge in [-0.2, -0.15) is 0 Å². The molecular formula is C14H21N3O4. The minimum Gasteiger partial charge on any atom is -0.472 e. The fraction of sp³-hybridized carbons (Fsp3) is 0.571. The molecule has 7 heteroatoms. The Morgan fingerprint density at radius 3 is 2.95 bits per heavy atom. The predicted molar refractivity (Wildman–Crippen MR) is 75.4 cm³/mol. The molecule has 1 fully saturated rings. The van der Waals surface area contributed by atoms with Gasteiger partial charge in [0.05, 0.1) is 38.2 Å². The quantitative estimate of drug-likeness (QED) is 0.762. The van der Waals surface area contributed by atoms with Gasteiger partial charge in [0.15, 0.2) is 0 Å². The summed E-state index contributed by atoms with van der Waals surface area (Å²) in [6.45, 7) is 2.50. The lowest BCUT2D eigenvalue weighted by Gasteiger charge is -2.33. The van der Waals surface area contributed by atoms with E-state index in [2.05, 4.69) is 4.90 Å². The van der Waals surface area contributed by atoms with Gasteiger partial charge in [0.2, 0.25) is 11.8 Å². The Kier molecular flexibility index (Phi) is 5.35. The minimum atomic E-state index is -0.528. The van der Waals surface area contributed by atoms with E-state index in [0.717, 1.165) is 18.7 Å². The summed E-state index contributed by atoms with van der Waals surface area (Å²) in [5.74, 6) is -0.688. The molecule has 116 valence electrons. The summed E-state index contributed by atoms with van der Waals surface area (Å²) in [6.07, 6.45) is 3.12. The molecule has 21 heavy (non-hydrogen) atoms. The lowest BCUT2D eigenvalue weighted by molar-refractivity contribution is -0.137. The molecule has 2 amide bonds. The number of hydrogen-bond donors (Lipinski definition) is 1. The van der Waals surface area contributed by atoms with E-state index in [4.69, 9.17) is 14.9 Å². The van der Waals surface area contributed by atoms with Crippen molar-refractivity contribution in [1.29, 1.82) is 0 Å². The number of nitrogens with zero attached hydrogens (tertiary/aromatic N) is 2. The summed E-state index contributed by atoms with van der Waals surface area (Å²) in [5, 5.41) is 0. The summed E-state index contributed by atoms with van der Waals surface area (Å²) in [6, 6.07) is 1.73. The van der Waals surface area contributed by atoms with Crippen LogP contribution in [-0.4, -0.2) is 67.6 Å². The van der Waals surface area contributed by atoms with Crippen LogP contribution in [0.1, 0.15) is 5.56 Å². The Morgan fingerprint density at radius 2 is 2.33 bits per heavy atom. The maximum absolute atomic E-state index is 12.3. The van der Waals surface area contributed by atoms with Crippen molar-refractivity contribution in [3.05, 3.63) is 24.2 Å². The standard InChI is InChI=1S/C14H21N3O4/c1-16-3-5-21-12(7-16)8-17(9-13(15)18)14(19)6-11-2-4-20-10-11/h2,4,10,12H,3,5-9H2,1H3,(H2,15,18)/t12-/m1/s1. The van der Waals surface area contributed by atoms with Crippen LogP contribution in [0.4, 0.5) is 0 Å². The van der Waals surface area contributed by atoms with Crippen molar-refractivity contribution in [1.82, 2.24) is 9.80 Å². The highest BCUT2D eigenvalue weighted by molar-refractivity contribution is 5.85. The van der Waals surface area contributed by atoms with Gasteiger partial charge >= 0.3 is 0 Å². The second kappa shape index (κ2) is 7.24. The first-order valence-corrected chi connectivity index (χ1v) is 6.92. The number of carbonyl (C=O) groups is 2. The van der Waals surface area contributed by atoms with Crippen molar-refractivity contribution in [3.63, 3.8) is 0 Å². The number of nitrogens with two attached hydrogens (primary N) is 1. The number of furan rings is 1. The van der Waals surface area contributed by atoms with Gasteiger partial charge in [0.1, 0.15) is 0 Å². The first-order valence-electron chi connectivity index (χ1n) is 6.92. The van der Waals surface area contributed by atoms with Gasteiger partial charge in [-0.15, -0.1) is 0 Å². The van der Waals surface area contributed by atoms with Gasteiger partial charge in [0.25, 0.3) is 0 Å². The topological polar surface area (TPSA) is 89.0 Å². The summed E-state index contributed by atoms with van der Waals surface area (Å²) in [5.41, 5.74) is 6.01. The lowest BCUT2D eigenvalue weighted by Crippen LogP contribution is -2.49. The van der Waals surface area contributed by atoms with Crippen LogP contribution >= 0.6 is 0 Å². The summed E-state index contributed by atoms with van der Waals surface area (Å²) < 4.78 is 10.6. The van der Waals surface area contributed by atoms with Gasteiger partial charge in [0, 0.05) is 19.6 Å². The smallest absolute Gasteiger partial charge is 0.237 e. The normalized spacial score (nSPS) is 19.4. The molecule has 1 aliphatic rings. The van der Waals surface area contributed by atoms with Gasteiger partial charge in [-0.05, 0) is 18.7 Å². The molecule has 1 aromatic heterocycles. The lowest BCUT2D eigenvalue weighted by atomic mass is 10.2. The van der Waals surface area contributed by atoms with Crippen molar-refractivity contribution in [3.8, 4) is 0 Å². The second-order valence-corrected chi connectivity index (χ2v) is 5.30. The maximum atomic E-state index is 12.3. The van der Waals surface area contributed by atoms with Crippen molar-refractivity contribution in [2.24, 2.45) is 5.73 Å².